The maximum Gasteiger partial charge on any atom is 0.129 e. The van der Waals surface area contributed by atoms with Crippen LogP contribution in [0.4, 0.5) is 5.69 Å². The topological polar surface area (TPSA) is 35.2 Å². The molecule has 0 unspecified atom stereocenters. The Hall–Kier alpha value is -2.74. The van der Waals surface area contributed by atoms with Gasteiger partial charge in [-0.05, 0) is 41.8 Å². The fraction of sp³-hybridized carbons (Fsp3) is 0.0526. The summed E-state index contributed by atoms with van der Waals surface area (Å²) in [6, 6.07) is 26.0. The van der Waals surface area contributed by atoms with Crippen molar-refractivity contribution in [1.82, 2.24) is 0 Å². The van der Waals surface area contributed by atoms with Gasteiger partial charge in [-0.1, -0.05) is 48.5 Å². The van der Waals surface area contributed by atoms with Crippen molar-refractivity contribution in [3.8, 4) is 11.5 Å². The lowest BCUT2D eigenvalue weighted by Crippen LogP contribution is -1.90. The fourth-order valence-corrected chi connectivity index (χ4v) is 2.22. The Morgan fingerprint density at radius 3 is 2.10 bits per heavy atom. The van der Waals surface area contributed by atoms with Crippen molar-refractivity contribution in [3.63, 3.8) is 0 Å². The third-order valence-corrected chi connectivity index (χ3v) is 3.27. The Bertz CT molecular complexity index is 705. The van der Waals surface area contributed by atoms with Crippen LogP contribution in [0.3, 0.4) is 0 Å². The normalized spacial score (nSPS) is 10.3. The molecule has 0 heterocycles. The molecule has 0 spiro atoms. The number of nitrogens with two attached hydrogens (primary N) is 1. The van der Waals surface area contributed by atoms with E-state index >= 15 is 0 Å². The third-order valence-electron chi connectivity index (χ3n) is 3.27. The van der Waals surface area contributed by atoms with Crippen molar-refractivity contribution in [3.05, 3.63) is 90.0 Å². The lowest BCUT2D eigenvalue weighted by atomic mass is 10.1. The molecule has 3 rings (SSSR count). The number of hydrogen-bond acceptors (Lipinski definition) is 2. The summed E-state index contributed by atoms with van der Waals surface area (Å²) in [6.45, 7) is 0. The SMILES string of the molecule is Nc1cccc(Oc2ccc(Cc3ccccc3)cc2)c1. The summed E-state index contributed by atoms with van der Waals surface area (Å²) < 4.78 is 5.78. The van der Waals surface area contributed by atoms with Gasteiger partial charge in [0.2, 0.25) is 0 Å². The summed E-state index contributed by atoms with van der Waals surface area (Å²) in [6.07, 6.45) is 0.930. The second-order valence-electron chi connectivity index (χ2n) is 4.98. The molecule has 0 amide bonds. The highest BCUT2D eigenvalue weighted by atomic mass is 16.5. The van der Waals surface area contributed by atoms with E-state index in [0.29, 0.717) is 5.69 Å². The molecular weight excluding hydrogens is 258 g/mol. The van der Waals surface area contributed by atoms with Gasteiger partial charge in [-0.25, -0.2) is 0 Å². The van der Waals surface area contributed by atoms with Crippen molar-refractivity contribution < 1.29 is 4.74 Å². The largest absolute Gasteiger partial charge is 0.457 e. The summed E-state index contributed by atoms with van der Waals surface area (Å²) in [5.41, 5.74) is 9.02. The quantitative estimate of drug-likeness (QED) is 0.703. The zero-order chi connectivity index (χ0) is 14.5. The Labute approximate surface area is 124 Å². The van der Waals surface area contributed by atoms with Gasteiger partial charge in [-0.15, -0.1) is 0 Å². The van der Waals surface area contributed by atoms with Crippen LogP contribution in [0.25, 0.3) is 0 Å². The number of rotatable bonds is 4. The second kappa shape index (κ2) is 6.14. The van der Waals surface area contributed by atoms with Crippen LogP contribution >= 0.6 is 0 Å². The lowest BCUT2D eigenvalue weighted by molar-refractivity contribution is 0.483. The molecule has 0 saturated heterocycles. The predicted octanol–water partition coefficient (Wildman–Crippen LogP) is 4.65. The van der Waals surface area contributed by atoms with Crippen molar-refractivity contribution in [2.24, 2.45) is 0 Å². The molecule has 104 valence electrons. The van der Waals surface area contributed by atoms with Gasteiger partial charge in [-0.3, -0.25) is 0 Å². The predicted molar refractivity (Wildman–Crippen MR) is 86.6 cm³/mol. The number of benzene rings is 3. The Morgan fingerprint density at radius 1 is 0.667 bits per heavy atom. The van der Waals surface area contributed by atoms with E-state index in [0.717, 1.165) is 17.9 Å². The van der Waals surface area contributed by atoms with Gasteiger partial charge in [0, 0.05) is 11.8 Å². The van der Waals surface area contributed by atoms with E-state index in [1.54, 1.807) is 0 Å². The summed E-state index contributed by atoms with van der Waals surface area (Å²) in [5, 5.41) is 0. The molecule has 0 atom stereocenters. The van der Waals surface area contributed by atoms with Crippen LogP contribution in [0, 0.1) is 0 Å². The van der Waals surface area contributed by atoms with Crippen LogP contribution in [0.5, 0.6) is 11.5 Å². The monoisotopic (exact) mass is 275 g/mol. The third kappa shape index (κ3) is 3.63. The summed E-state index contributed by atoms with van der Waals surface area (Å²) in [4.78, 5) is 0. The van der Waals surface area contributed by atoms with Gasteiger partial charge >= 0.3 is 0 Å². The summed E-state index contributed by atoms with van der Waals surface area (Å²) in [7, 11) is 0. The molecule has 3 aromatic carbocycles. The van der Waals surface area contributed by atoms with E-state index in [9.17, 15) is 0 Å². The molecule has 0 saturated carbocycles. The van der Waals surface area contributed by atoms with E-state index in [2.05, 4.69) is 36.4 Å². The first-order valence-electron chi connectivity index (χ1n) is 6.96. The molecule has 0 fully saturated rings. The minimum atomic E-state index is 0.702. The van der Waals surface area contributed by atoms with Gasteiger partial charge in [0.05, 0.1) is 0 Å². The van der Waals surface area contributed by atoms with Gasteiger partial charge in [-0.2, -0.15) is 0 Å². The molecule has 2 N–H and O–H groups in total. The van der Waals surface area contributed by atoms with Gasteiger partial charge in [0.25, 0.3) is 0 Å². The van der Waals surface area contributed by atoms with Crippen LogP contribution in [-0.4, -0.2) is 0 Å². The van der Waals surface area contributed by atoms with Crippen LogP contribution in [-0.2, 0) is 6.42 Å². The molecule has 0 aliphatic rings. The van der Waals surface area contributed by atoms with Gasteiger partial charge in [0.1, 0.15) is 11.5 Å². The molecule has 0 aromatic heterocycles. The van der Waals surface area contributed by atoms with E-state index < -0.39 is 0 Å². The molecule has 21 heavy (non-hydrogen) atoms. The molecule has 0 bridgehead atoms. The first kappa shape index (κ1) is 13.3. The van der Waals surface area contributed by atoms with Gasteiger partial charge in [0.15, 0.2) is 0 Å². The summed E-state index contributed by atoms with van der Waals surface area (Å²) >= 11 is 0. The number of nitrogen functional groups attached to an aromatic ring is 1. The first-order valence-corrected chi connectivity index (χ1v) is 6.96. The highest BCUT2D eigenvalue weighted by molar-refractivity contribution is 5.45. The van der Waals surface area contributed by atoms with E-state index in [1.807, 2.05) is 42.5 Å². The molecule has 0 aliphatic heterocycles. The van der Waals surface area contributed by atoms with Gasteiger partial charge < -0.3 is 10.5 Å². The molecule has 3 aromatic rings. The van der Waals surface area contributed by atoms with Crippen molar-refractivity contribution >= 4 is 5.69 Å². The van der Waals surface area contributed by atoms with Crippen molar-refractivity contribution in [2.45, 2.75) is 6.42 Å². The average molecular weight is 275 g/mol. The maximum absolute atomic E-state index is 5.78. The van der Waals surface area contributed by atoms with E-state index in [4.69, 9.17) is 10.5 Å². The number of anilines is 1. The number of ether oxygens (including phenoxy) is 1. The van der Waals surface area contributed by atoms with Crippen LogP contribution in [0.2, 0.25) is 0 Å². The standard InChI is InChI=1S/C19H17NO/c20-17-7-4-8-19(14-17)21-18-11-9-16(10-12-18)13-15-5-2-1-3-6-15/h1-12,14H,13,20H2. The van der Waals surface area contributed by atoms with Crippen LogP contribution in [0.1, 0.15) is 11.1 Å². The number of hydrogen-bond donors (Lipinski definition) is 1. The highest BCUT2D eigenvalue weighted by Crippen LogP contribution is 2.23. The minimum Gasteiger partial charge on any atom is -0.457 e. The second-order valence-corrected chi connectivity index (χ2v) is 4.98. The Balaban J connectivity index is 1.69. The molecular formula is C19H17NO. The highest BCUT2D eigenvalue weighted by Gasteiger charge is 2.00. The van der Waals surface area contributed by atoms with E-state index in [-0.39, 0.29) is 0 Å². The average Bonchev–Trinajstić information content (AvgIpc) is 2.50. The van der Waals surface area contributed by atoms with Crippen molar-refractivity contribution in [1.29, 1.82) is 0 Å². The minimum absolute atomic E-state index is 0.702. The Morgan fingerprint density at radius 2 is 1.38 bits per heavy atom. The first-order chi connectivity index (χ1) is 10.3. The smallest absolute Gasteiger partial charge is 0.129 e. The lowest BCUT2D eigenvalue weighted by Gasteiger charge is -2.07. The molecule has 2 heteroatoms. The zero-order valence-electron chi connectivity index (χ0n) is 11.7. The molecule has 0 radical (unpaired) electrons. The molecule has 0 aliphatic carbocycles. The fourth-order valence-electron chi connectivity index (χ4n) is 2.22. The van der Waals surface area contributed by atoms with Crippen molar-refractivity contribution in [2.75, 3.05) is 5.73 Å². The van der Waals surface area contributed by atoms with Crippen LogP contribution < -0.4 is 10.5 Å². The molecule has 2 nitrogen and oxygen atoms in total. The van der Waals surface area contributed by atoms with Crippen LogP contribution in [0.15, 0.2) is 78.9 Å². The van der Waals surface area contributed by atoms with E-state index in [1.165, 1.54) is 11.1 Å². The Kier molecular flexibility index (Phi) is 3.88. The zero-order valence-corrected chi connectivity index (χ0v) is 11.7. The summed E-state index contributed by atoms with van der Waals surface area (Å²) in [5.74, 6) is 1.57. The maximum atomic E-state index is 5.78.